The molecule has 53 heavy (non-hydrogen) atoms. The SMILES string of the molecule is CCCCCNC(=O)OC1(O[C@H]2[C@@H](O)[C@H](n3ccc(N)nc3=O)O[C@@H]2CO)CC[C@@]2(C)C(=CCC3C2CC[C@@]2(C)C3CC[C@@H]2[C@H](C)CCCC(C)C)C1. The fraction of sp³-hybridized carbons (Fsp3) is 0.833. The van der Waals surface area contributed by atoms with E-state index >= 15 is 0 Å². The van der Waals surface area contributed by atoms with Crippen LogP contribution in [0.3, 0.4) is 0 Å². The van der Waals surface area contributed by atoms with Gasteiger partial charge in [-0.2, -0.15) is 4.98 Å². The predicted octanol–water partition coefficient (Wildman–Crippen LogP) is 7.12. The number of carbonyl (C=O) groups is 1. The van der Waals surface area contributed by atoms with Crippen molar-refractivity contribution in [2.45, 2.75) is 162 Å². The van der Waals surface area contributed by atoms with Crippen LogP contribution < -0.4 is 16.7 Å². The third-order valence-electron chi connectivity index (χ3n) is 14.6. The van der Waals surface area contributed by atoms with Gasteiger partial charge in [0.25, 0.3) is 0 Å². The molecule has 4 fully saturated rings. The van der Waals surface area contributed by atoms with E-state index in [1.165, 1.54) is 62.8 Å². The maximum absolute atomic E-state index is 13.4. The van der Waals surface area contributed by atoms with Gasteiger partial charge in [-0.25, -0.2) is 9.59 Å². The summed E-state index contributed by atoms with van der Waals surface area (Å²) in [5.41, 5.74) is 6.62. The van der Waals surface area contributed by atoms with Crippen molar-refractivity contribution in [2.24, 2.45) is 46.3 Å². The highest BCUT2D eigenvalue weighted by atomic mass is 16.7. The van der Waals surface area contributed by atoms with E-state index in [-0.39, 0.29) is 11.2 Å². The van der Waals surface area contributed by atoms with E-state index in [9.17, 15) is 19.8 Å². The number of nitrogens with zero attached hydrogens (tertiary/aromatic N) is 2. The van der Waals surface area contributed by atoms with E-state index in [0.29, 0.717) is 36.6 Å². The summed E-state index contributed by atoms with van der Waals surface area (Å²) in [4.78, 5) is 29.9. The molecular weight excluding hydrogens is 672 g/mol. The van der Waals surface area contributed by atoms with Crippen LogP contribution in [0.5, 0.6) is 0 Å². The molecule has 1 saturated heterocycles. The summed E-state index contributed by atoms with van der Waals surface area (Å²) in [6.45, 7) is 14.4. The van der Waals surface area contributed by atoms with E-state index in [0.717, 1.165) is 60.3 Å². The summed E-state index contributed by atoms with van der Waals surface area (Å²) in [7, 11) is 0. The lowest BCUT2D eigenvalue weighted by atomic mass is 9.46. The monoisotopic (exact) mass is 741 g/mol. The molecule has 1 amide bonds. The molecule has 4 unspecified atom stereocenters. The first-order valence-corrected chi connectivity index (χ1v) is 20.9. The first-order valence-electron chi connectivity index (χ1n) is 20.9. The minimum Gasteiger partial charge on any atom is -0.417 e. The molecule has 0 bridgehead atoms. The van der Waals surface area contributed by atoms with Gasteiger partial charge in [-0.3, -0.25) is 4.57 Å². The number of nitrogens with one attached hydrogen (secondary N) is 1. The number of aromatic nitrogens is 2. The van der Waals surface area contributed by atoms with Gasteiger partial charge in [-0.1, -0.05) is 85.3 Å². The second-order valence-corrected chi connectivity index (χ2v) is 18.3. The van der Waals surface area contributed by atoms with Crippen molar-refractivity contribution < 1.29 is 29.2 Å². The number of hydrogen-bond acceptors (Lipinski definition) is 9. The first kappa shape index (κ1) is 40.2. The van der Waals surface area contributed by atoms with Crippen molar-refractivity contribution in [1.29, 1.82) is 0 Å². The van der Waals surface area contributed by atoms with E-state index in [1.54, 1.807) is 0 Å². The number of carbonyl (C=O) groups excluding carboxylic acids is 1. The molecule has 5 N–H and O–H groups in total. The molecule has 1 aromatic rings. The van der Waals surface area contributed by atoms with Crippen LogP contribution in [0.25, 0.3) is 0 Å². The minimum atomic E-state index is -1.39. The van der Waals surface area contributed by atoms with Crippen LogP contribution in [0.4, 0.5) is 10.6 Å². The Bertz CT molecular complexity index is 1520. The molecule has 1 aromatic heterocycles. The van der Waals surface area contributed by atoms with Crippen molar-refractivity contribution in [3.8, 4) is 0 Å². The zero-order valence-electron chi connectivity index (χ0n) is 33.2. The van der Waals surface area contributed by atoms with Gasteiger partial charge in [0.2, 0.25) is 5.79 Å². The van der Waals surface area contributed by atoms with Crippen molar-refractivity contribution in [3.05, 3.63) is 34.4 Å². The average Bonchev–Trinajstić information content (AvgIpc) is 3.62. The Labute approximate surface area is 316 Å². The Morgan fingerprint density at radius 3 is 2.62 bits per heavy atom. The Hall–Kier alpha value is -2.47. The van der Waals surface area contributed by atoms with Gasteiger partial charge in [0.1, 0.15) is 24.1 Å². The molecular formula is C42H68N4O7. The van der Waals surface area contributed by atoms with Crippen molar-refractivity contribution in [2.75, 3.05) is 18.9 Å². The summed E-state index contributed by atoms with van der Waals surface area (Å²) in [6.07, 6.45) is 13.4. The lowest BCUT2D eigenvalue weighted by Crippen LogP contribution is -2.56. The third kappa shape index (κ3) is 7.96. The predicted molar refractivity (Wildman–Crippen MR) is 205 cm³/mol. The molecule has 1 aliphatic heterocycles. The fourth-order valence-corrected chi connectivity index (χ4v) is 11.7. The Balaban J connectivity index is 1.23. The standard InChI is InChI=1S/C42H68N4O7/c1-7-8-9-22-44-39(50)53-42(52-36-33(25-47)51-37(35(36)48)46-23-18-34(43)45-38(46)49)21-20-40(5)28(24-42)13-14-29-31-16-15-30(27(4)12-10-11-26(2)3)41(31,6)19-17-32(29)40/h13,18,23,26-27,29-33,35-37,47-48H,7-12,14-17,19-22,24-25H2,1-6H3,(H,44,50)(H2,43,45,49)/t27-,29?,30-,31?,32?,33-,35-,36-,37-,40+,41-,42?/m1/s1. The molecule has 0 spiro atoms. The summed E-state index contributed by atoms with van der Waals surface area (Å²) in [6, 6.07) is 1.45. The number of fused-ring (bicyclic) bond motifs is 5. The van der Waals surface area contributed by atoms with Crippen LogP contribution in [0.15, 0.2) is 28.7 Å². The van der Waals surface area contributed by atoms with Gasteiger partial charge in [-0.15, -0.1) is 0 Å². The van der Waals surface area contributed by atoms with Crippen LogP contribution in [0, 0.1) is 46.3 Å². The Kier molecular flexibility index (Phi) is 12.4. The zero-order chi connectivity index (χ0) is 38.1. The summed E-state index contributed by atoms with van der Waals surface area (Å²) in [5, 5.41) is 24.9. The van der Waals surface area contributed by atoms with Crippen LogP contribution in [0.1, 0.15) is 138 Å². The number of aliphatic hydroxyl groups is 2. The van der Waals surface area contributed by atoms with E-state index < -0.39 is 48.7 Å². The molecule has 2 heterocycles. The van der Waals surface area contributed by atoms with Crippen LogP contribution in [-0.2, 0) is 14.2 Å². The molecule has 6 rings (SSSR count). The molecule has 5 aliphatic rings. The molecule has 4 aliphatic carbocycles. The van der Waals surface area contributed by atoms with Gasteiger partial charge in [-0.05, 0) is 97.3 Å². The number of anilines is 1. The number of nitrogen functional groups attached to an aromatic ring is 1. The number of alkyl carbamates (subject to hydrolysis) is 1. The normalized spacial score (nSPS) is 38.5. The van der Waals surface area contributed by atoms with Crippen LogP contribution in [-0.4, -0.2) is 63.1 Å². The summed E-state index contributed by atoms with van der Waals surface area (Å²) >= 11 is 0. The van der Waals surface area contributed by atoms with Gasteiger partial charge >= 0.3 is 11.8 Å². The van der Waals surface area contributed by atoms with Crippen molar-refractivity contribution in [1.82, 2.24) is 14.9 Å². The molecule has 12 atom stereocenters. The number of nitrogens with two attached hydrogens (primary N) is 1. The molecule has 0 radical (unpaired) electrons. The van der Waals surface area contributed by atoms with E-state index in [4.69, 9.17) is 19.9 Å². The Morgan fingerprint density at radius 1 is 1.11 bits per heavy atom. The maximum Gasteiger partial charge on any atom is 0.409 e. The smallest absolute Gasteiger partial charge is 0.409 e. The second-order valence-electron chi connectivity index (χ2n) is 18.3. The van der Waals surface area contributed by atoms with Crippen LogP contribution >= 0.6 is 0 Å². The number of ether oxygens (including phenoxy) is 3. The molecule has 11 nitrogen and oxygen atoms in total. The molecule has 3 saturated carbocycles. The quantitative estimate of drug-likeness (QED) is 0.0886. The van der Waals surface area contributed by atoms with Crippen molar-refractivity contribution in [3.63, 3.8) is 0 Å². The van der Waals surface area contributed by atoms with E-state index in [1.807, 2.05) is 0 Å². The maximum atomic E-state index is 13.4. The summed E-state index contributed by atoms with van der Waals surface area (Å²) in [5.74, 6) is 2.90. The van der Waals surface area contributed by atoms with Gasteiger partial charge in [0.05, 0.1) is 6.61 Å². The van der Waals surface area contributed by atoms with Crippen molar-refractivity contribution >= 4 is 11.9 Å². The molecule has 11 heteroatoms. The largest absolute Gasteiger partial charge is 0.417 e. The lowest BCUT2D eigenvalue weighted by Gasteiger charge is -2.59. The highest BCUT2D eigenvalue weighted by Gasteiger charge is 2.61. The Morgan fingerprint density at radius 2 is 1.91 bits per heavy atom. The number of aliphatic hydroxyl groups excluding tert-OH is 2. The average molecular weight is 741 g/mol. The number of hydrogen-bond donors (Lipinski definition) is 4. The van der Waals surface area contributed by atoms with Crippen LogP contribution in [0.2, 0.25) is 0 Å². The fourth-order valence-electron chi connectivity index (χ4n) is 11.7. The van der Waals surface area contributed by atoms with Gasteiger partial charge < -0.3 is 35.5 Å². The van der Waals surface area contributed by atoms with Gasteiger partial charge in [0, 0.05) is 25.6 Å². The molecule has 0 aromatic carbocycles. The first-order chi connectivity index (χ1) is 25.2. The minimum absolute atomic E-state index is 0.0499. The molecule has 298 valence electrons. The second kappa shape index (κ2) is 16.3. The lowest BCUT2D eigenvalue weighted by molar-refractivity contribution is -0.263. The topological polar surface area (TPSA) is 158 Å². The number of amides is 1. The highest BCUT2D eigenvalue weighted by molar-refractivity contribution is 5.67. The zero-order valence-corrected chi connectivity index (χ0v) is 33.2. The number of rotatable bonds is 14. The highest BCUT2D eigenvalue weighted by Crippen LogP contribution is 2.68. The number of allylic oxidation sites excluding steroid dienone is 1. The van der Waals surface area contributed by atoms with Gasteiger partial charge in [0.15, 0.2) is 6.23 Å². The summed E-state index contributed by atoms with van der Waals surface area (Å²) < 4.78 is 20.2. The van der Waals surface area contributed by atoms with E-state index in [2.05, 4.69) is 57.9 Å². The number of unbranched alkanes of at least 4 members (excludes halogenated alkanes) is 2. The third-order valence-corrected chi connectivity index (χ3v) is 14.6.